The molecule has 4 rings (SSSR count). The van der Waals surface area contributed by atoms with E-state index in [0.717, 1.165) is 42.9 Å². The molecule has 0 radical (unpaired) electrons. The number of fused-ring (bicyclic) bond motifs is 5. The predicted octanol–water partition coefficient (Wildman–Crippen LogP) is 14.3. The molecule has 46 heavy (non-hydrogen) atoms. The molecule has 4 heteroatoms. The van der Waals surface area contributed by atoms with Gasteiger partial charge >= 0.3 is 5.97 Å². The maximum Gasteiger partial charge on any atom is 0.306 e. The molecule has 0 aliphatic heterocycles. The van der Waals surface area contributed by atoms with Crippen LogP contribution in [0.2, 0.25) is 0 Å². The molecule has 4 aliphatic rings. The van der Waals surface area contributed by atoms with E-state index in [0.29, 0.717) is 16.7 Å². The second kappa shape index (κ2) is 19.2. The number of alkyl halides is 2. The fourth-order valence-corrected chi connectivity index (χ4v) is 13.5. The molecule has 268 valence electrons. The zero-order chi connectivity index (χ0) is 33.0. The molecule has 0 aromatic carbocycles. The summed E-state index contributed by atoms with van der Waals surface area (Å²) >= 11 is 8.71. The number of ether oxygens (including phenoxy) is 1. The third-order valence-electron chi connectivity index (χ3n) is 14.3. The van der Waals surface area contributed by atoms with E-state index in [1.165, 1.54) is 154 Å². The van der Waals surface area contributed by atoms with Gasteiger partial charge in [0.25, 0.3) is 0 Å². The Hall–Kier alpha value is 0.430. The first-order valence-corrected chi connectivity index (χ1v) is 22.4. The van der Waals surface area contributed by atoms with Crippen molar-refractivity contribution in [2.24, 2.45) is 34.5 Å². The summed E-state index contributed by atoms with van der Waals surface area (Å²) in [5.41, 5.74) is 0.821. The van der Waals surface area contributed by atoms with E-state index >= 15 is 0 Å². The van der Waals surface area contributed by atoms with E-state index in [9.17, 15) is 4.79 Å². The highest BCUT2D eigenvalue weighted by Gasteiger charge is 2.66. The van der Waals surface area contributed by atoms with E-state index in [1.807, 2.05) is 0 Å². The first-order valence-electron chi connectivity index (χ1n) is 20.7. The third-order valence-corrected chi connectivity index (χ3v) is 17.9. The van der Waals surface area contributed by atoms with Gasteiger partial charge in [0.1, 0.15) is 6.10 Å². The topological polar surface area (TPSA) is 26.3 Å². The zero-order valence-corrected chi connectivity index (χ0v) is 34.0. The van der Waals surface area contributed by atoms with Crippen molar-refractivity contribution >= 4 is 37.8 Å². The Bertz CT molecular complexity index is 893. The fourth-order valence-electron chi connectivity index (χ4n) is 11.4. The largest absolute Gasteiger partial charge is 0.462 e. The molecular weight excluding hydrogens is 696 g/mol. The van der Waals surface area contributed by atoms with Crippen molar-refractivity contribution in [2.45, 2.75) is 223 Å². The number of esters is 1. The molecular formula is C42H74Br2O2. The van der Waals surface area contributed by atoms with Crippen LogP contribution < -0.4 is 0 Å². The highest BCUT2D eigenvalue weighted by molar-refractivity contribution is 9.12. The van der Waals surface area contributed by atoms with Gasteiger partial charge in [-0.05, 0) is 92.3 Å². The van der Waals surface area contributed by atoms with Crippen LogP contribution in [-0.4, -0.2) is 21.2 Å². The van der Waals surface area contributed by atoms with E-state index in [-0.39, 0.29) is 21.8 Å². The lowest BCUT2D eigenvalue weighted by molar-refractivity contribution is -0.157. The van der Waals surface area contributed by atoms with Crippen LogP contribution in [0.1, 0.15) is 207 Å². The molecule has 0 saturated heterocycles. The Morgan fingerprint density at radius 3 is 1.87 bits per heavy atom. The Morgan fingerprint density at radius 2 is 1.26 bits per heavy atom. The maximum absolute atomic E-state index is 12.9. The summed E-state index contributed by atoms with van der Waals surface area (Å²) in [5, 5.41) is 0. The van der Waals surface area contributed by atoms with Gasteiger partial charge in [0.2, 0.25) is 0 Å². The molecule has 9 atom stereocenters. The first kappa shape index (κ1) is 39.2. The summed E-state index contributed by atoms with van der Waals surface area (Å²) in [4.78, 5) is 13.4. The number of rotatable bonds is 21. The average Bonchev–Trinajstić information content (AvgIpc) is 3.37. The van der Waals surface area contributed by atoms with Crippen LogP contribution >= 0.6 is 31.9 Å². The van der Waals surface area contributed by atoms with Crippen LogP contribution in [0, 0.1) is 34.5 Å². The van der Waals surface area contributed by atoms with Gasteiger partial charge < -0.3 is 4.74 Å². The summed E-state index contributed by atoms with van der Waals surface area (Å²) in [7, 11) is 0. The van der Waals surface area contributed by atoms with Crippen molar-refractivity contribution in [3.05, 3.63) is 0 Å². The van der Waals surface area contributed by atoms with Gasteiger partial charge in [-0.3, -0.25) is 4.79 Å². The second-order valence-electron chi connectivity index (χ2n) is 17.2. The predicted molar refractivity (Wildman–Crippen MR) is 205 cm³/mol. The number of hydrogen-bond acceptors (Lipinski definition) is 2. The highest BCUT2D eigenvalue weighted by Crippen LogP contribution is 2.71. The number of unbranched alkanes of at least 4 members (excludes halogenated alkanes) is 16. The monoisotopic (exact) mass is 768 g/mol. The summed E-state index contributed by atoms with van der Waals surface area (Å²) < 4.78 is 6.23. The summed E-state index contributed by atoms with van der Waals surface area (Å²) in [6.07, 6.45) is 36.8. The molecule has 0 aromatic heterocycles. The van der Waals surface area contributed by atoms with Crippen molar-refractivity contribution in [3.8, 4) is 0 Å². The zero-order valence-electron chi connectivity index (χ0n) is 30.8. The summed E-state index contributed by atoms with van der Waals surface area (Å²) in [6, 6.07) is 0. The van der Waals surface area contributed by atoms with Crippen molar-refractivity contribution < 1.29 is 9.53 Å². The molecule has 0 aromatic rings. The Morgan fingerprint density at radius 1 is 0.696 bits per heavy atom. The minimum Gasteiger partial charge on any atom is -0.462 e. The first-order chi connectivity index (χ1) is 22.2. The fraction of sp³-hybridized carbons (Fsp3) is 0.976. The van der Waals surface area contributed by atoms with Crippen molar-refractivity contribution in [2.75, 3.05) is 0 Å². The van der Waals surface area contributed by atoms with E-state index in [4.69, 9.17) is 4.74 Å². The van der Waals surface area contributed by atoms with Crippen molar-refractivity contribution in [1.82, 2.24) is 0 Å². The number of halogens is 2. The van der Waals surface area contributed by atoms with E-state index < -0.39 is 0 Å². The minimum absolute atomic E-state index is 0.0185. The van der Waals surface area contributed by atoms with Crippen LogP contribution in [0.15, 0.2) is 0 Å². The van der Waals surface area contributed by atoms with Gasteiger partial charge in [0.15, 0.2) is 0 Å². The molecule has 9 unspecified atom stereocenters. The minimum atomic E-state index is 0.0185. The van der Waals surface area contributed by atoms with Crippen LogP contribution in [0.4, 0.5) is 0 Å². The third kappa shape index (κ3) is 9.60. The lowest BCUT2D eigenvalue weighted by Gasteiger charge is -2.65. The van der Waals surface area contributed by atoms with Crippen LogP contribution in [0.25, 0.3) is 0 Å². The van der Waals surface area contributed by atoms with Crippen LogP contribution in [0.5, 0.6) is 0 Å². The standard InChI is InChI=1S/C42H74Br2O2/c1-5-7-9-11-13-14-15-16-17-18-20-22-24-39(45)46-34-27-30-41(4)37-28-29-40(3)33(23-21-19-12-10-8-6-2)25-26-36(40)35(37)31-38(43)42(41,44)32-34/h33-38H,5-32H2,1-4H3. The van der Waals surface area contributed by atoms with Gasteiger partial charge in [-0.2, -0.15) is 0 Å². The van der Waals surface area contributed by atoms with Gasteiger partial charge in [0, 0.05) is 22.0 Å². The SMILES string of the molecule is CCCCCCCCCCCCCCC(=O)OC1CCC2(C)C3CCC4(C)C(CCCCCCCC)CCC4C3CC(Br)C2(Br)C1. The second-order valence-corrected chi connectivity index (χ2v) is 19.7. The molecule has 2 nitrogen and oxygen atoms in total. The van der Waals surface area contributed by atoms with Gasteiger partial charge in [-0.15, -0.1) is 0 Å². The molecule has 0 spiro atoms. The molecule has 0 bridgehead atoms. The summed E-state index contributed by atoms with van der Waals surface area (Å²) in [5.74, 6) is 3.54. The quantitative estimate of drug-likeness (QED) is 0.0660. The Balaban J connectivity index is 1.18. The number of carbonyl (C=O) groups is 1. The number of hydrogen-bond donors (Lipinski definition) is 0. The molecule has 4 saturated carbocycles. The normalized spacial score (nSPS) is 37.0. The van der Waals surface area contributed by atoms with Gasteiger partial charge in [-0.25, -0.2) is 0 Å². The maximum atomic E-state index is 12.9. The molecule has 4 aliphatic carbocycles. The molecule has 4 fully saturated rings. The molecule has 0 heterocycles. The van der Waals surface area contributed by atoms with Crippen molar-refractivity contribution in [1.29, 1.82) is 0 Å². The van der Waals surface area contributed by atoms with Gasteiger partial charge in [-0.1, -0.05) is 169 Å². The smallest absolute Gasteiger partial charge is 0.306 e. The Labute approximate surface area is 303 Å². The average molecular weight is 771 g/mol. The van der Waals surface area contributed by atoms with Gasteiger partial charge in [0.05, 0.1) is 0 Å². The lowest BCUT2D eigenvalue weighted by Crippen LogP contribution is -2.64. The number of carbonyl (C=O) groups excluding carboxylic acids is 1. The highest BCUT2D eigenvalue weighted by atomic mass is 79.9. The van der Waals surface area contributed by atoms with Crippen LogP contribution in [0.3, 0.4) is 0 Å². The van der Waals surface area contributed by atoms with E-state index in [1.54, 1.807) is 0 Å². The molecule has 0 amide bonds. The Kier molecular flexibility index (Phi) is 16.3. The lowest BCUT2D eigenvalue weighted by atomic mass is 9.44. The van der Waals surface area contributed by atoms with Crippen LogP contribution in [-0.2, 0) is 9.53 Å². The van der Waals surface area contributed by atoms with E-state index in [2.05, 4.69) is 59.6 Å². The summed E-state index contributed by atoms with van der Waals surface area (Å²) in [6.45, 7) is 9.93. The molecule has 0 N–H and O–H groups in total. The van der Waals surface area contributed by atoms with Crippen molar-refractivity contribution in [3.63, 3.8) is 0 Å².